The van der Waals surface area contributed by atoms with Gasteiger partial charge < -0.3 is 15.4 Å². The molecule has 0 atom stereocenters. The van der Waals surface area contributed by atoms with Gasteiger partial charge >= 0.3 is 5.97 Å². The van der Waals surface area contributed by atoms with E-state index in [9.17, 15) is 4.79 Å². The molecule has 2 rings (SSSR count). The normalized spacial score (nSPS) is 17.3. The van der Waals surface area contributed by atoms with Crippen molar-refractivity contribution in [3.05, 3.63) is 29.8 Å². The van der Waals surface area contributed by atoms with E-state index in [2.05, 4.69) is 11.9 Å². The summed E-state index contributed by atoms with van der Waals surface area (Å²) in [6.07, 6.45) is 3.03. The Bertz CT molecular complexity index is 426. The number of rotatable bonds is 4. The highest BCUT2D eigenvalue weighted by atomic mass is 16.5. The second kappa shape index (κ2) is 6.57. The minimum Gasteiger partial charge on any atom is -0.462 e. The number of hydrogen-bond acceptors (Lipinski definition) is 4. The Hall–Kier alpha value is -1.55. The molecule has 1 aromatic rings. The molecule has 4 nitrogen and oxygen atoms in total. The molecule has 1 fully saturated rings. The number of likely N-dealkylation sites (tertiary alicyclic amines) is 1. The SMILES string of the molecule is CN1CCC(OC(=O)CCc2ccccc2N)CC1. The first-order chi connectivity index (χ1) is 9.15. The zero-order valence-electron chi connectivity index (χ0n) is 11.5. The van der Waals surface area contributed by atoms with Crippen LogP contribution in [0.3, 0.4) is 0 Å². The zero-order valence-corrected chi connectivity index (χ0v) is 11.5. The van der Waals surface area contributed by atoms with E-state index in [0.717, 1.165) is 37.2 Å². The third-order valence-corrected chi connectivity index (χ3v) is 3.62. The van der Waals surface area contributed by atoms with Crippen molar-refractivity contribution < 1.29 is 9.53 Å². The van der Waals surface area contributed by atoms with Gasteiger partial charge in [0.2, 0.25) is 0 Å². The molecule has 4 heteroatoms. The second-order valence-corrected chi connectivity index (χ2v) is 5.19. The van der Waals surface area contributed by atoms with Crippen molar-refractivity contribution in [2.75, 3.05) is 25.9 Å². The van der Waals surface area contributed by atoms with Crippen molar-refractivity contribution in [3.63, 3.8) is 0 Å². The third kappa shape index (κ3) is 4.24. The number of carbonyl (C=O) groups excluding carboxylic acids is 1. The summed E-state index contributed by atoms with van der Waals surface area (Å²) in [5, 5.41) is 0. The summed E-state index contributed by atoms with van der Waals surface area (Å²) in [5.41, 5.74) is 7.61. The molecule has 2 N–H and O–H groups in total. The molecule has 19 heavy (non-hydrogen) atoms. The third-order valence-electron chi connectivity index (χ3n) is 3.62. The molecule has 1 saturated heterocycles. The van der Waals surface area contributed by atoms with Crippen molar-refractivity contribution in [2.45, 2.75) is 31.8 Å². The van der Waals surface area contributed by atoms with Crippen LogP contribution in [0.2, 0.25) is 0 Å². The van der Waals surface area contributed by atoms with Gasteiger partial charge in [0.1, 0.15) is 6.10 Å². The van der Waals surface area contributed by atoms with Crippen LogP contribution in [-0.2, 0) is 16.0 Å². The van der Waals surface area contributed by atoms with Gasteiger partial charge in [-0.2, -0.15) is 0 Å². The highest BCUT2D eigenvalue weighted by molar-refractivity contribution is 5.70. The Balaban J connectivity index is 1.74. The van der Waals surface area contributed by atoms with Crippen LogP contribution in [0.1, 0.15) is 24.8 Å². The van der Waals surface area contributed by atoms with E-state index in [0.29, 0.717) is 12.8 Å². The van der Waals surface area contributed by atoms with E-state index >= 15 is 0 Å². The average Bonchev–Trinajstić information content (AvgIpc) is 2.40. The lowest BCUT2D eigenvalue weighted by Crippen LogP contribution is -2.35. The molecule has 0 spiro atoms. The lowest BCUT2D eigenvalue weighted by molar-refractivity contribution is -0.151. The topological polar surface area (TPSA) is 55.6 Å². The molecular weight excluding hydrogens is 240 g/mol. The van der Waals surface area contributed by atoms with E-state index in [-0.39, 0.29) is 12.1 Å². The van der Waals surface area contributed by atoms with Gasteiger partial charge in [0.15, 0.2) is 0 Å². The van der Waals surface area contributed by atoms with Crippen LogP contribution in [0.15, 0.2) is 24.3 Å². The Labute approximate surface area is 114 Å². The highest BCUT2D eigenvalue weighted by Gasteiger charge is 2.20. The van der Waals surface area contributed by atoms with Crippen molar-refractivity contribution in [1.82, 2.24) is 4.90 Å². The van der Waals surface area contributed by atoms with E-state index in [4.69, 9.17) is 10.5 Å². The number of nitrogens with zero attached hydrogens (tertiary/aromatic N) is 1. The number of piperidine rings is 1. The zero-order chi connectivity index (χ0) is 13.7. The summed E-state index contributed by atoms with van der Waals surface area (Å²) < 4.78 is 5.49. The molecule has 1 aromatic carbocycles. The molecular formula is C15H22N2O2. The summed E-state index contributed by atoms with van der Waals surface area (Å²) in [6, 6.07) is 7.65. The molecule has 0 unspecified atom stereocenters. The molecule has 0 radical (unpaired) electrons. The van der Waals surface area contributed by atoms with Crippen molar-refractivity contribution in [2.24, 2.45) is 0 Å². The van der Waals surface area contributed by atoms with Crippen molar-refractivity contribution >= 4 is 11.7 Å². The predicted molar refractivity (Wildman–Crippen MR) is 75.8 cm³/mol. The highest BCUT2D eigenvalue weighted by Crippen LogP contribution is 2.16. The lowest BCUT2D eigenvalue weighted by atomic mass is 10.1. The van der Waals surface area contributed by atoms with Gasteiger partial charge in [-0.05, 0) is 37.9 Å². The Morgan fingerprint density at radius 1 is 1.37 bits per heavy atom. The maximum Gasteiger partial charge on any atom is 0.306 e. The van der Waals surface area contributed by atoms with E-state index < -0.39 is 0 Å². The minimum atomic E-state index is -0.113. The van der Waals surface area contributed by atoms with E-state index in [1.54, 1.807) is 0 Å². The standard InChI is InChI=1S/C15H22N2O2/c1-17-10-8-13(9-11-17)19-15(18)7-6-12-4-2-3-5-14(12)16/h2-5,13H,6-11,16H2,1H3. The second-order valence-electron chi connectivity index (χ2n) is 5.19. The Morgan fingerprint density at radius 3 is 2.74 bits per heavy atom. The van der Waals surface area contributed by atoms with Gasteiger partial charge in [0, 0.05) is 25.2 Å². The number of aryl methyl sites for hydroxylation is 1. The van der Waals surface area contributed by atoms with Gasteiger partial charge in [0.25, 0.3) is 0 Å². The molecule has 0 bridgehead atoms. The molecule has 0 amide bonds. The predicted octanol–water partition coefficient (Wildman–Crippen LogP) is 1.84. The fraction of sp³-hybridized carbons (Fsp3) is 0.533. The first-order valence-corrected chi connectivity index (χ1v) is 6.86. The number of hydrogen-bond donors (Lipinski definition) is 1. The first-order valence-electron chi connectivity index (χ1n) is 6.86. The Morgan fingerprint density at radius 2 is 2.05 bits per heavy atom. The summed E-state index contributed by atoms with van der Waals surface area (Å²) in [5.74, 6) is -0.113. The van der Waals surface area contributed by atoms with Crippen LogP contribution >= 0.6 is 0 Å². The minimum absolute atomic E-state index is 0.0943. The summed E-state index contributed by atoms with van der Waals surface area (Å²) in [7, 11) is 2.09. The van der Waals surface area contributed by atoms with Crippen molar-refractivity contribution in [1.29, 1.82) is 0 Å². The quantitative estimate of drug-likeness (QED) is 0.664. The summed E-state index contributed by atoms with van der Waals surface area (Å²) in [6.45, 7) is 2.01. The molecule has 1 heterocycles. The number of esters is 1. The van der Waals surface area contributed by atoms with Gasteiger partial charge in [-0.1, -0.05) is 18.2 Å². The summed E-state index contributed by atoms with van der Waals surface area (Å²) >= 11 is 0. The van der Waals surface area contributed by atoms with Crippen LogP contribution in [0, 0.1) is 0 Å². The largest absolute Gasteiger partial charge is 0.462 e. The number of benzene rings is 1. The van der Waals surface area contributed by atoms with Crippen LogP contribution in [-0.4, -0.2) is 37.1 Å². The first kappa shape index (κ1) is 13.9. The monoisotopic (exact) mass is 262 g/mol. The summed E-state index contributed by atoms with van der Waals surface area (Å²) in [4.78, 5) is 14.1. The number of ether oxygens (including phenoxy) is 1. The van der Waals surface area contributed by atoms with E-state index in [1.165, 1.54) is 0 Å². The molecule has 0 aliphatic carbocycles. The van der Waals surface area contributed by atoms with Gasteiger partial charge in [-0.15, -0.1) is 0 Å². The number of nitrogens with two attached hydrogens (primary N) is 1. The number of carbonyl (C=O) groups is 1. The van der Waals surface area contributed by atoms with E-state index in [1.807, 2.05) is 24.3 Å². The number of anilines is 1. The van der Waals surface area contributed by atoms with Crippen molar-refractivity contribution in [3.8, 4) is 0 Å². The van der Waals surface area contributed by atoms with Crippen LogP contribution in [0.4, 0.5) is 5.69 Å². The van der Waals surface area contributed by atoms with Crippen LogP contribution < -0.4 is 5.73 Å². The average molecular weight is 262 g/mol. The maximum atomic E-state index is 11.8. The lowest BCUT2D eigenvalue weighted by Gasteiger charge is -2.28. The molecule has 1 aliphatic rings. The number of nitrogen functional groups attached to an aromatic ring is 1. The van der Waals surface area contributed by atoms with Crippen LogP contribution in [0.25, 0.3) is 0 Å². The van der Waals surface area contributed by atoms with Gasteiger partial charge in [-0.3, -0.25) is 4.79 Å². The fourth-order valence-corrected chi connectivity index (χ4v) is 2.35. The smallest absolute Gasteiger partial charge is 0.306 e. The fourth-order valence-electron chi connectivity index (χ4n) is 2.35. The number of para-hydroxylation sites is 1. The molecule has 0 saturated carbocycles. The van der Waals surface area contributed by atoms with Gasteiger partial charge in [0.05, 0.1) is 0 Å². The maximum absolute atomic E-state index is 11.8. The molecule has 104 valence electrons. The molecule has 1 aliphatic heterocycles. The molecule has 0 aromatic heterocycles. The Kier molecular flexibility index (Phi) is 4.80. The van der Waals surface area contributed by atoms with Gasteiger partial charge in [-0.25, -0.2) is 0 Å². The van der Waals surface area contributed by atoms with Crippen LogP contribution in [0.5, 0.6) is 0 Å².